The molecule has 1 aromatic rings. The molecule has 0 spiro atoms. The lowest BCUT2D eigenvalue weighted by Gasteiger charge is -2.10. The van der Waals surface area contributed by atoms with Gasteiger partial charge in [0.05, 0.1) is 0 Å². The number of nitrogens with one attached hydrogen (secondary N) is 2. The number of carbonyl (C=O) groups is 1. The third-order valence-electron chi connectivity index (χ3n) is 3.04. The summed E-state index contributed by atoms with van der Waals surface area (Å²) >= 11 is 0. The van der Waals surface area contributed by atoms with Gasteiger partial charge in [0.15, 0.2) is 0 Å². The predicted molar refractivity (Wildman–Crippen MR) is 72.7 cm³/mol. The van der Waals surface area contributed by atoms with Crippen LogP contribution in [0.15, 0.2) is 18.5 Å². The molecule has 2 heterocycles. The summed E-state index contributed by atoms with van der Waals surface area (Å²) in [4.78, 5) is 11.6. The average molecular weight is 273 g/mol. The number of nitrogens with zero attached hydrogens (tertiary/aromatic N) is 2. The molecular weight excluding hydrogens is 252 g/mol. The topological polar surface area (TPSA) is 59.0 Å². The van der Waals surface area contributed by atoms with Gasteiger partial charge in [-0.15, -0.1) is 12.4 Å². The molecule has 6 heteroatoms. The zero-order valence-corrected chi connectivity index (χ0v) is 11.3. The number of rotatable bonds is 6. The van der Waals surface area contributed by atoms with E-state index in [0.717, 1.165) is 32.5 Å². The largest absolute Gasteiger partial charge is 0.356 e. The molecule has 0 aliphatic carbocycles. The molecular formula is C12H21ClN4O. The minimum absolute atomic E-state index is 0. The van der Waals surface area contributed by atoms with E-state index in [0.29, 0.717) is 12.5 Å². The van der Waals surface area contributed by atoms with E-state index in [1.165, 1.54) is 6.42 Å². The van der Waals surface area contributed by atoms with Gasteiger partial charge in [-0.25, -0.2) is 0 Å². The van der Waals surface area contributed by atoms with Gasteiger partial charge >= 0.3 is 0 Å². The summed E-state index contributed by atoms with van der Waals surface area (Å²) < 4.78 is 1.88. The quantitative estimate of drug-likeness (QED) is 0.758. The van der Waals surface area contributed by atoms with Crippen LogP contribution in [-0.4, -0.2) is 34.8 Å². The predicted octanol–water partition coefficient (Wildman–Crippen LogP) is 0.953. The fraction of sp³-hybridized carbons (Fsp3) is 0.667. The maximum absolute atomic E-state index is 11.6. The van der Waals surface area contributed by atoms with Crippen molar-refractivity contribution in [2.75, 3.05) is 13.1 Å². The molecule has 2 rings (SSSR count). The molecule has 1 atom stereocenters. The Morgan fingerprint density at radius 2 is 2.44 bits per heavy atom. The van der Waals surface area contributed by atoms with Crippen LogP contribution in [0.1, 0.15) is 25.7 Å². The Balaban J connectivity index is 0.00000162. The van der Waals surface area contributed by atoms with Gasteiger partial charge in [0.25, 0.3) is 0 Å². The fourth-order valence-electron chi connectivity index (χ4n) is 2.13. The summed E-state index contributed by atoms with van der Waals surface area (Å²) in [5.41, 5.74) is 0. The van der Waals surface area contributed by atoms with Crippen LogP contribution in [0.2, 0.25) is 0 Å². The van der Waals surface area contributed by atoms with Crippen molar-refractivity contribution in [2.24, 2.45) is 0 Å². The summed E-state index contributed by atoms with van der Waals surface area (Å²) in [5, 5.41) is 10.4. The molecule has 0 radical (unpaired) electrons. The minimum Gasteiger partial charge on any atom is -0.356 e. The first-order valence-electron chi connectivity index (χ1n) is 6.32. The minimum atomic E-state index is 0. The first-order valence-corrected chi connectivity index (χ1v) is 6.32. The van der Waals surface area contributed by atoms with Crippen molar-refractivity contribution in [3.05, 3.63) is 18.5 Å². The van der Waals surface area contributed by atoms with Crippen molar-refractivity contribution in [2.45, 2.75) is 38.3 Å². The van der Waals surface area contributed by atoms with E-state index in [1.807, 2.05) is 16.9 Å². The maximum Gasteiger partial charge on any atom is 0.221 e. The fourth-order valence-corrected chi connectivity index (χ4v) is 2.13. The van der Waals surface area contributed by atoms with Crippen molar-refractivity contribution >= 4 is 18.3 Å². The molecule has 5 nitrogen and oxygen atoms in total. The van der Waals surface area contributed by atoms with Gasteiger partial charge in [0.1, 0.15) is 0 Å². The van der Waals surface area contributed by atoms with Crippen molar-refractivity contribution < 1.29 is 4.79 Å². The Hall–Kier alpha value is -1.07. The van der Waals surface area contributed by atoms with Crippen LogP contribution >= 0.6 is 12.4 Å². The van der Waals surface area contributed by atoms with Crippen molar-refractivity contribution in [1.82, 2.24) is 20.4 Å². The van der Waals surface area contributed by atoms with Crippen LogP contribution < -0.4 is 10.6 Å². The van der Waals surface area contributed by atoms with Crippen LogP contribution in [0.4, 0.5) is 0 Å². The number of hydrogen-bond donors (Lipinski definition) is 2. The van der Waals surface area contributed by atoms with E-state index in [9.17, 15) is 4.79 Å². The monoisotopic (exact) mass is 272 g/mol. The second kappa shape index (κ2) is 8.11. The number of aryl methyl sites for hydroxylation is 1. The molecule has 1 saturated heterocycles. The Kier molecular flexibility index (Phi) is 6.75. The zero-order valence-electron chi connectivity index (χ0n) is 10.5. The first-order chi connectivity index (χ1) is 8.34. The van der Waals surface area contributed by atoms with Crippen LogP contribution in [0, 0.1) is 0 Å². The van der Waals surface area contributed by atoms with Gasteiger partial charge in [-0.1, -0.05) is 0 Å². The maximum atomic E-state index is 11.6. The van der Waals surface area contributed by atoms with E-state index in [1.54, 1.807) is 6.20 Å². The summed E-state index contributed by atoms with van der Waals surface area (Å²) in [6.45, 7) is 2.64. The van der Waals surface area contributed by atoms with Crippen molar-refractivity contribution in [3.8, 4) is 0 Å². The van der Waals surface area contributed by atoms with Crippen LogP contribution in [-0.2, 0) is 11.3 Å². The summed E-state index contributed by atoms with van der Waals surface area (Å²) in [6, 6.07) is 2.30. The highest BCUT2D eigenvalue weighted by Crippen LogP contribution is 2.07. The summed E-state index contributed by atoms with van der Waals surface area (Å²) in [7, 11) is 0. The van der Waals surface area contributed by atoms with Gasteiger partial charge in [0, 0.05) is 37.9 Å². The van der Waals surface area contributed by atoms with Gasteiger partial charge < -0.3 is 10.6 Å². The second-order valence-electron chi connectivity index (χ2n) is 4.47. The Labute approximate surface area is 114 Å². The van der Waals surface area contributed by atoms with E-state index >= 15 is 0 Å². The standard InChI is InChI=1S/C12H20N4O.ClH/c17-12(10-11-4-1-5-13-11)14-6-2-8-16-9-3-7-15-16;/h3,7,9,11,13H,1-2,4-6,8,10H2,(H,14,17);1H. The molecule has 1 fully saturated rings. The second-order valence-corrected chi connectivity index (χ2v) is 4.47. The number of carbonyl (C=O) groups excluding carboxylic acids is 1. The lowest BCUT2D eigenvalue weighted by molar-refractivity contribution is -0.121. The zero-order chi connectivity index (χ0) is 11.9. The molecule has 102 valence electrons. The Morgan fingerprint density at radius 1 is 1.56 bits per heavy atom. The third-order valence-corrected chi connectivity index (χ3v) is 3.04. The number of halogens is 1. The lowest BCUT2D eigenvalue weighted by Crippen LogP contribution is -2.32. The molecule has 1 unspecified atom stereocenters. The van der Waals surface area contributed by atoms with Gasteiger partial charge in [-0.2, -0.15) is 5.10 Å². The molecule has 18 heavy (non-hydrogen) atoms. The molecule has 1 amide bonds. The van der Waals surface area contributed by atoms with Crippen molar-refractivity contribution in [3.63, 3.8) is 0 Å². The summed E-state index contributed by atoms with van der Waals surface area (Å²) in [6.07, 6.45) is 7.56. The van der Waals surface area contributed by atoms with Crippen molar-refractivity contribution in [1.29, 1.82) is 0 Å². The molecule has 0 saturated carbocycles. The smallest absolute Gasteiger partial charge is 0.221 e. The normalized spacial score (nSPS) is 18.3. The first kappa shape index (κ1) is 15.0. The molecule has 1 aromatic heterocycles. The summed E-state index contributed by atoms with van der Waals surface area (Å²) in [5.74, 6) is 0.157. The number of aromatic nitrogens is 2. The third kappa shape index (κ3) is 5.06. The van der Waals surface area contributed by atoms with E-state index in [-0.39, 0.29) is 18.3 Å². The molecule has 2 N–H and O–H groups in total. The van der Waals surface area contributed by atoms with E-state index in [4.69, 9.17) is 0 Å². The van der Waals surface area contributed by atoms with Crippen LogP contribution in [0.25, 0.3) is 0 Å². The molecule has 1 aliphatic heterocycles. The van der Waals surface area contributed by atoms with E-state index in [2.05, 4.69) is 15.7 Å². The SMILES string of the molecule is Cl.O=C(CC1CCCN1)NCCCn1cccn1. The molecule has 1 aliphatic rings. The van der Waals surface area contributed by atoms with Gasteiger partial charge in [-0.05, 0) is 31.9 Å². The lowest BCUT2D eigenvalue weighted by atomic mass is 10.1. The van der Waals surface area contributed by atoms with Gasteiger partial charge in [0.2, 0.25) is 5.91 Å². The average Bonchev–Trinajstić information content (AvgIpc) is 2.96. The number of amides is 1. The highest BCUT2D eigenvalue weighted by atomic mass is 35.5. The van der Waals surface area contributed by atoms with Crippen LogP contribution in [0.5, 0.6) is 0 Å². The van der Waals surface area contributed by atoms with Gasteiger partial charge in [-0.3, -0.25) is 9.48 Å². The molecule has 0 aromatic carbocycles. The Morgan fingerprint density at radius 3 is 3.11 bits per heavy atom. The Bertz CT molecular complexity index is 336. The number of hydrogen-bond acceptors (Lipinski definition) is 3. The highest BCUT2D eigenvalue weighted by molar-refractivity contribution is 5.85. The van der Waals surface area contributed by atoms with E-state index < -0.39 is 0 Å². The highest BCUT2D eigenvalue weighted by Gasteiger charge is 2.16. The van der Waals surface area contributed by atoms with Crippen LogP contribution in [0.3, 0.4) is 0 Å². The molecule has 0 bridgehead atoms.